The Balaban J connectivity index is 0.000000431. The van der Waals surface area contributed by atoms with E-state index in [1.54, 1.807) is 5.56 Å². The molecule has 1 saturated carbocycles. The molecule has 1 aromatic carbocycles. The number of hydrogen-bond donors (Lipinski definition) is 0. The third-order valence-electron chi connectivity index (χ3n) is 3.91. The zero-order chi connectivity index (χ0) is 12.0. The molecule has 3 atom stereocenters. The Labute approximate surface area is 107 Å². The molecule has 0 bridgehead atoms. The van der Waals surface area contributed by atoms with Crippen LogP contribution in [-0.2, 0) is 0 Å². The van der Waals surface area contributed by atoms with Gasteiger partial charge in [0, 0.05) is 9.58 Å². The Morgan fingerprint density at radius 1 is 1.12 bits per heavy atom. The number of thiophene rings is 1. The fraction of sp³-hybridized carbons (Fsp3) is 0.375. The molecule has 0 spiro atoms. The second-order valence-electron chi connectivity index (χ2n) is 4.70. The minimum atomic E-state index is 0.821. The van der Waals surface area contributed by atoms with Crippen molar-refractivity contribution in [3.05, 3.63) is 40.8 Å². The van der Waals surface area contributed by atoms with Gasteiger partial charge in [-0.1, -0.05) is 45.0 Å². The summed E-state index contributed by atoms with van der Waals surface area (Å²) in [5.41, 5.74) is 1.63. The van der Waals surface area contributed by atoms with Crippen LogP contribution in [0, 0.1) is 11.8 Å². The Hall–Kier alpha value is -1.08. The molecule has 0 saturated heterocycles. The number of allylic oxidation sites excluding steroid dienone is 1. The zero-order valence-electron chi connectivity index (χ0n) is 10.6. The fourth-order valence-corrected chi connectivity index (χ4v) is 4.17. The van der Waals surface area contributed by atoms with E-state index in [2.05, 4.69) is 43.3 Å². The highest BCUT2D eigenvalue weighted by atomic mass is 32.1. The summed E-state index contributed by atoms with van der Waals surface area (Å²) >= 11 is 1.95. The van der Waals surface area contributed by atoms with Crippen LogP contribution in [0.25, 0.3) is 16.2 Å². The number of fused-ring (bicyclic) bond motifs is 5. The lowest BCUT2D eigenvalue weighted by molar-refractivity contribution is 0.894. The molecule has 4 rings (SSSR count). The van der Waals surface area contributed by atoms with Crippen LogP contribution in [0.1, 0.15) is 37.1 Å². The molecule has 17 heavy (non-hydrogen) atoms. The van der Waals surface area contributed by atoms with E-state index in [-0.39, 0.29) is 0 Å². The minimum Gasteiger partial charge on any atom is -0.136 e. The average Bonchev–Trinajstić information content (AvgIpc) is 2.90. The summed E-state index contributed by atoms with van der Waals surface area (Å²) in [6, 6.07) is 8.83. The van der Waals surface area contributed by atoms with Crippen LogP contribution in [0.5, 0.6) is 0 Å². The summed E-state index contributed by atoms with van der Waals surface area (Å²) in [6.07, 6.45) is 4.75. The number of hydrogen-bond acceptors (Lipinski definition) is 1. The van der Waals surface area contributed by atoms with Crippen LogP contribution in [0.4, 0.5) is 0 Å². The lowest BCUT2D eigenvalue weighted by atomic mass is 10.0. The lowest BCUT2D eigenvalue weighted by Gasteiger charge is -2.03. The van der Waals surface area contributed by atoms with Crippen molar-refractivity contribution in [2.75, 3.05) is 0 Å². The first-order valence-electron chi connectivity index (χ1n) is 6.56. The molecular formula is C16H18S. The van der Waals surface area contributed by atoms with Crippen molar-refractivity contribution in [1.29, 1.82) is 0 Å². The van der Waals surface area contributed by atoms with E-state index in [1.807, 2.05) is 25.2 Å². The third-order valence-corrected chi connectivity index (χ3v) is 5.06. The Bertz CT molecular complexity index is 576. The van der Waals surface area contributed by atoms with E-state index in [0.717, 1.165) is 17.8 Å². The van der Waals surface area contributed by atoms with Crippen molar-refractivity contribution in [2.45, 2.75) is 26.7 Å². The topological polar surface area (TPSA) is 0 Å². The monoisotopic (exact) mass is 242 g/mol. The van der Waals surface area contributed by atoms with Crippen LogP contribution in [0.3, 0.4) is 0 Å². The van der Waals surface area contributed by atoms with Gasteiger partial charge in [0.25, 0.3) is 0 Å². The van der Waals surface area contributed by atoms with E-state index in [0.29, 0.717) is 0 Å². The number of benzene rings is 1. The minimum absolute atomic E-state index is 0.821. The fourth-order valence-electron chi connectivity index (χ4n) is 2.99. The third kappa shape index (κ3) is 1.49. The van der Waals surface area contributed by atoms with Gasteiger partial charge in [-0.15, -0.1) is 11.3 Å². The molecular weight excluding hydrogens is 224 g/mol. The Morgan fingerprint density at radius 2 is 1.88 bits per heavy atom. The van der Waals surface area contributed by atoms with E-state index in [1.165, 1.54) is 15.0 Å². The maximum absolute atomic E-state index is 2.41. The van der Waals surface area contributed by atoms with Gasteiger partial charge in [-0.05, 0) is 40.8 Å². The van der Waals surface area contributed by atoms with E-state index >= 15 is 0 Å². The van der Waals surface area contributed by atoms with Crippen molar-refractivity contribution in [3.8, 4) is 0 Å². The molecule has 1 aromatic heterocycles. The molecule has 0 aliphatic heterocycles. The molecule has 2 aliphatic carbocycles. The molecule has 0 radical (unpaired) electrons. The number of rotatable bonds is 0. The average molecular weight is 242 g/mol. The summed E-state index contributed by atoms with van der Waals surface area (Å²) < 4.78 is 1.45. The SMILES string of the molecule is CC.CC1C2C=Cc3sc4ccccc4c3C12. The summed E-state index contributed by atoms with van der Waals surface area (Å²) in [5, 5.41) is 1.50. The van der Waals surface area contributed by atoms with Crippen LogP contribution in [-0.4, -0.2) is 0 Å². The maximum atomic E-state index is 2.41. The summed E-state index contributed by atoms with van der Waals surface area (Å²) in [6.45, 7) is 6.38. The van der Waals surface area contributed by atoms with Gasteiger partial charge in [0.1, 0.15) is 0 Å². The molecule has 0 amide bonds. The quantitative estimate of drug-likeness (QED) is 0.587. The van der Waals surface area contributed by atoms with Gasteiger partial charge >= 0.3 is 0 Å². The molecule has 0 N–H and O–H groups in total. The first kappa shape index (κ1) is 11.0. The molecule has 1 heterocycles. The maximum Gasteiger partial charge on any atom is 0.0352 e. The van der Waals surface area contributed by atoms with E-state index < -0.39 is 0 Å². The van der Waals surface area contributed by atoms with Gasteiger partial charge in [-0.3, -0.25) is 0 Å². The lowest BCUT2D eigenvalue weighted by Crippen LogP contribution is -1.87. The van der Waals surface area contributed by atoms with Crippen molar-refractivity contribution < 1.29 is 0 Å². The van der Waals surface area contributed by atoms with Gasteiger partial charge in [0.15, 0.2) is 0 Å². The van der Waals surface area contributed by atoms with Crippen molar-refractivity contribution in [1.82, 2.24) is 0 Å². The molecule has 3 unspecified atom stereocenters. The van der Waals surface area contributed by atoms with Crippen LogP contribution >= 0.6 is 11.3 Å². The Kier molecular flexibility index (Phi) is 2.59. The summed E-state index contributed by atoms with van der Waals surface area (Å²) in [5.74, 6) is 2.51. The van der Waals surface area contributed by atoms with Crippen LogP contribution in [0.15, 0.2) is 30.3 Å². The highest BCUT2D eigenvalue weighted by Gasteiger charge is 2.49. The second kappa shape index (κ2) is 3.99. The van der Waals surface area contributed by atoms with Gasteiger partial charge in [-0.2, -0.15) is 0 Å². The van der Waals surface area contributed by atoms with Gasteiger partial charge in [-0.25, -0.2) is 0 Å². The molecule has 1 fully saturated rings. The van der Waals surface area contributed by atoms with Crippen molar-refractivity contribution in [2.24, 2.45) is 11.8 Å². The largest absolute Gasteiger partial charge is 0.136 e. The summed E-state index contributed by atoms with van der Waals surface area (Å²) in [7, 11) is 0. The van der Waals surface area contributed by atoms with Crippen LogP contribution in [0.2, 0.25) is 0 Å². The first-order chi connectivity index (χ1) is 8.36. The van der Waals surface area contributed by atoms with Gasteiger partial charge < -0.3 is 0 Å². The predicted molar refractivity (Wildman–Crippen MR) is 77.6 cm³/mol. The van der Waals surface area contributed by atoms with E-state index in [9.17, 15) is 0 Å². The smallest absolute Gasteiger partial charge is 0.0352 e. The van der Waals surface area contributed by atoms with Gasteiger partial charge in [0.05, 0.1) is 0 Å². The molecule has 2 aromatic rings. The van der Waals surface area contributed by atoms with Crippen molar-refractivity contribution >= 4 is 27.5 Å². The predicted octanol–water partition coefficient (Wildman–Crippen LogP) is 5.30. The molecule has 1 heteroatoms. The van der Waals surface area contributed by atoms with Gasteiger partial charge in [0.2, 0.25) is 0 Å². The summed E-state index contributed by atoms with van der Waals surface area (Å²) in [4.78, 5) is 1.50. The second-order valence-corrected chi connectivity index (χ2v) is 5.78. The van der Waals surface area contributed by atoms with E-state index in [4.69, 9.17) is 0 Å². The molecule has 0 nitrogen and oxygen atoms in total. The highest BCUT2D eigenvalue weighted by Crippen LogP contribution is 2.60. The molecule has 2 aliphatic rings. The zero-order valence-corrected chi connectivity index (χ0v) is 11.4. The molecule has 88 valence electrons. The highest BCUT2D eigenvalue weighted by molar-refractivity contribution is 7.20. The Morgan fingerprint density at radius 3 is 2.71 bits per heavy atom. The van der Waals surface area contributed by atoms with Crippen molar-refractivity contribution in [3.63, 3.8) is 0 Å². The normalized spacial score (nSPS) is 28.1. The standard InChI is InChI=1S/C14H12S.C2H6/c1-8-9-6-7-12-14(13(8)9)10-4-2-3-5-11(10)15-12;1-2/h2-9,13H,1H3;1-2H3. The first-order valence-corrected chi connectivity index (χ1v) is 7.37. The van der Waals surface area contributed by atoms with Crippen LogP contribution < -0.4 is 0 Å².